The molecule has 0 bridgehead atoms. The summed E-state index contributed by atoms with van der Waals surface area (Å²) in [6, 6.07) is 7.17. The molecular formula is C21H25F4N3O2. The molecule has 1 N–H and O–H groups in total. The van der Waals surface area contributed by atoms with Crippen LogP contribution in [0.5, 0.6) is 0 Å². The summed E-state index contributed by atoms with van der Waals surface area (Å²) in [5.74, 6) is -1.02. The SMILES string of the molecule is CCN(CC(=O)NCc1ccc(F)cc1)CC(=O)c1cc(C)n(CC(F)(F)F)c1C. The Labute approximate surface area is 172 Å². The normalized spacial score (nSPS) is 11.7. The van der Waals surface area contributed by atoms with E-state index in [-0.39, 0.29) is 48.4 Å². The number of likely N-dealkylation sites (N-methyl/N-ethyl adjacent to an activating group) is 1. The molecule has 2 aromatic rings. The third-order valence-electron chi connectivity index (χ3n) is 4.80. The van der Waals surface area contributed by atoms with E-state index in [2.05, 4.69) is 5.32 Å². The highest BCUT2D eigenvalue weighted by atomic mass is 19.4. The zero-order valence-corrected chi connectivity index (χ0v) is 17.1. The standard InChI is InChI=1S/C21H25F4N3O2/c1-4-27(12-20(30)26-10-16-5-7-17(22)8-6-16)11-19(29)18-9-14(2)28(15(18)3)13-21(23,24)25/h5-9H,4,10-13H2,1-3H3,(H,26,30). The lowest BCUT2D eigenvalue weighted by atomic mass is 10.1. The summed E-state index contributed by atoms with van der Waals surface area (Å²) in [5, 5.41) is 2.70. The molecule has 0 unspecified atom stereocenters. The molecular weight excluding hydrogens is 402 g/mol. The van der Waals surface area contributed by atoms with Gasteiger partial charge in [-0.25, -0.2) is 4.39 Å². The highest BCUT2D eigenvalue weighted by molar-refractivity contribution is 5.99. The van der Waals surface area contributed by atoms with Crippen molar-refractivity contribution in [3.05, 3.63) is 58.7 Å². The van der Waals surface area contributed by atoms with Gasteiger partial charge in [-0.2, -0.15) is 13.2 Å². The van der Waals surface area contributed by atoms with Crippen LogP contribution in [0.3, 0.4) is 0 Å². The lowest BCUT2D eigenvalue weighted by molar-refractivity contribution is -0.141. The van der Waals surface area contributed by atoms with Crippen molar-refractivity contribution < 1.29 is 27.2 Å². The highest BCUT2D eigenvalue weighted by Gasteiger charge is 2.30. The molecule has 0 saturated heterocycles. The number of alkyl halides is 3. The fourth-order valence-corrected chi connectivity index (χ4v) is 3.14. The molecule has 5 nitrogen and oxygen atoms in total. The summed E-state index contributed by atoms with van der Waals surface area (Å²) < 4.78 is 52.3. The number of nitrogens with one attached hydrogen (secondary N) is 1. The first-order valence-electron chi connectivity index (χ1n) is 9.50. The Morgan fingerprint density at radius 3 is 2.30 bits per heavy atom. The van der Waals surface area contributed by atoms with Crippen LogP contribution < -0.4 is 5.32 Å². The first kappa shape index (κ1) is 23.6. The molecule has 0 aliphatic heterocycles. The first-order chi connectivity index (χ1) is 14.0. The molecule has 1 amide bonds. The Hall–Kier alpha value is -2.68. The molecule has 0 radical (unpaired) electrons. The van der Waals surface area contributed by atoms with E-state index in [9.17, 15) is 27.2 Å². The average molecular weight is 427 g/mol. The second kappa shape index (κ2) is 9.88. The number of benzene rings is 1. The second-order valence-corrected chi connectivity index (χ2v) is 7.12. The van der Waals surface area contributed by atoms with Crippen molar-refractivity contribution in [2.24, 2.45) is 0 Å². The number of carbonyl (C=O) groups excluding carboxylic acids is 2. The molecule has 1 aromatic heterocycles. The van der Waals surface area contributed by atoms with Gasteiger partial charge in [-0.1, -0.05) is 19.1 Å². The maximum Gasteiger partial charge on any atom is 0.406 e. The third kappa shape index (κ3) is 6.69. The van der Waals surface area contributed by atoms with Gasteiger partial charge in [-0.3, -0.25) is 14.5 Å². The fraction of sp³-hybridized carbons (Fsp3) is 0.429. The van der Waals surface area contributed by atoms with E-state index in [1.165, 1.54) is 32.0 Å². The lowest BCUT2D eigenvalue weighted by Crippen LogP contribution is -2.39. The number of aromatic nitrogens is 1. The van der Waals surface area contributed by atoms with Crippen LogP contribution in [0, 0.1) is 19.7 Å². The summed E-state index contributed by atoms with van der Waals surface area (Å²) in [4.78, 5) is 26.4. The third-order valence-corrected chi connectivity index (χ3v) is 4.80. The van der Waals surface area contributed by atoms with Gasteiger partial charge in [-0.05, 0) is 44.2 Å². The summed E-state index contributed by atoms with van der Waals surface area (Å²) in [6.07, 6.45) is -4.38. The second-order valence-electron chi connectivity index (χ2n) is 7.12. The number of nitrogens with zero attached hydrogens (tertiary/aromatic N) is 2. The van der Waals surface area contributed by atoms with Crippen molar-refractivity contribution in [2.45, 2.75) is 40.0 Å². The number of halogens is 4. The number of hydrogen-bond acceptors (Lipinski definition) is 3. The number of carbonyl (C=O) groups is 2. The van der Waals surface area contributed by atoms with Gasteiger partial charge in [-0.15, -0.1) is 0 Å². The molecule has 164 valence electrons. The van der Waals surface area contributed by atoms with Crippen LogP contribution in [-0.4, -0.2) is 47.0 Å². The van der Waals surface area contributed by atoms with Crippen molar-refractivity contribution in [1.29, 1.82) is 0 Å². The molecule has 30 heavy (non-hydrogen) atoms. The summed E-state index contributed by atoms with van der Waals surface area (Å²) in [5.41, 5.74) is 1.57. The number of rotatable bonds is 9. The Morgan fingerprint density at radius 2 is 1.73 bits per heavy atom. The van der Waals surface area contributed by atoms with E-state index in [4.69, 9.17) is 0 Å². The maximum absolute atomic E-state index is 12.9. The quantitative estimate of drug-likeness (QED) is 0.491. The van der Waals surface area contributed by atoms with Gasteiger partial charge in [0.15, 0.2) is 5.78 Å². The minimum Gasteiger partial charge on any atom is -0.351 e. The molecule has 2 rings (SSSR count). The zero-order valence-electron chi connectivity index (χ0n) is 17.1. The van der Waals surface area contributed by atoms with Gasteiger partial charge >= 0.3 is 6.18 Å². The van der Waals surface area contributed by atoms with Crippen LogP contribution in [-0.2, 0) is 17.9 Å². The summed E-state index contributed by atoms with van der Waals surface area (Å²) in [7, 11) is 0. The summed E-state index contributed by atoms with van der Waals surface area (Å²) in [6.45, 7) is 4.16. The van der Waals surface area contributed by atoms with Gasteiger partial charge < -0.3 is 9.88 Å². The van der Waals surface area contributed by atoms with Crippen molar-refractivity contribution in [2.75, 3.05) is 19.6 Å². The molecule has 0 aliphatic carbocycles. The predicted octanol–water partition coefficient (Wildman–Crippen LogP) is 3.63. The first-order valence-corrected chi connectivity index (χ1v) is 9.50. The number of Topliss-reactive ketones (excluding diaryl/α,β-unsaturated/α-hetero) is 1. The lowest BCUT2D eigenvalue weighted by Gasteiger charge is -2.19. The monoisotopic (exact) mass is 427 g/mol. The molecule has 0 fully saturated rings. The Bertz CT molecular complexity index is 889. The van der Waals surface area contributed by atoms with Crippen LogP contribution in [0.25, 0.3) is 0 Å². The van der Waals surface area contributed by atoms with Gasteiger partial charge in [0.05, 0.1) is 13.1 Å². The van der Waals surface area contributed by atoms with Gasteiger partial charge in [0.2, 0.25) is 5.91 Å². The van der Waals surface area contributed by atoms with Crippen LogP contribution in [0.15, 0.2) is 30.3 Å². The average Bonchev–Trinajstić information content (AvgIpc) is 2.94. The molecule has 1 heterocycles. The topological polar surface area (TPSA) is 54.3 Å². The predicted molar refractivity (Wildman–Crippen MR) is 105 cm³/mol. The molecule has 9 heteroatoms. The number of amides is 1. The zero-order chi connectivity index (χ0) is 22.5. The maximum atomic E-state index is 12.9. The Kier molecular flexibility index (Phi) is 7.77. The van der Waals surface area contributed by atoms with Crippen LogP contribution in [0.2, 0.25) is 0 Å². The van der Waals surface area contributed by atoms with Crippen molar-refractivity contribution >= 4 is 11.7 Å². The van der Waals surface area contributed by atoms with Crippen molar-refractivity contribution in [3.63, 3.8) is 0 Å². The van der Waals surface area contributed by atoms with Crippen molar-refractivity contribution in [1.82, 2.24) is 14.8 Å². The van der Waals surface area contributed by atoms with E-state index in [0.717, 1.165) is 10.1 Å². The molecule has 0 atom stereocenters. The number of ketones is 1. The van der Waals surface area contributed by atoms with E-state index >= 15 is 0 Å². The summed E-state index contributed by atoms with van der Waals surface area (Å²) >= 11 is 0. The smallest absolute Gasteiger partial charge is 0.351 e. The molecule has 1 aromatic carbocycles. The number of aryl methyl sites for hydroxylation is 1. The Morgan fingerprint density at radius 1 is 1.10 bits per heavy atom. The van der Waals surface area contributed by atoms with Crippen LogP contribution in [0.4, 0.5) is 17.6 Å². The minimum atomic E-state index is -4.38. The van der Waals surface area contributed by atoms with Crippen LogP contribution >= 0.6 is 0 Å². The van der Waals surface area contributed by atoms with E-state index in [1.807, 2.05) is 0 Å². The van der Waals surface area contributed by atoms with Gasteiger partial charge in [0, 0.05) is 23.5 Å². The van der Waals surface area contributed by atoms with Crippen LogP contribution in [0.1, 0.15) is 34.2 Å². The molecule has 0 spiro atoms. The largest absolute Gasteiger partial charge is 0.406 e. The fourth-order valence-electron chi connectivity index (χ4n) is 3.14. The molecule has 0 saturated carbocycles. The Balaban J connectivity index is 1.96. The molecule has 0 aliphatic rings. The van der Waals surface area contributed by atoms with Gasteiger partial charge in [0.25, 0.3) is 0 Å². The van der Waals surface area contributed by atoms with E-state index in [0.29, 0.717) is 12.2 Å². The van der Waals surface area contributed by atoms with Gasteiger partial charge in [0.1, 0.15) is 12.4 Å². The van der Waals surface area contributed by atoms with E-state index in [1.54, 1.807) is 24.0 Å². The minimum absolute atomic E-state index is 0.0370. The van der Waals surface area contributed by atoms with Crippen molar-refractivity contribution in [3.8, 4) is 0 Å². The van der Waals surface area contributed by atoms with E-state index < -0.39 is 12.7 Å². The number of hydrogen-bond donors (Lipinski definition) is 1. The highest BCUT2D eigenvalue weighted by Crippen LogP contribution is 2.23.